The Morgan fingerprint density at radius 2 is 1.73 bits per heavy atom. The predicted octanol–water partition coefficient (Wildman–Crippen LogP) is 2.92. The Bertz CT molecular complexity index is 528. The van der Waals surface area contributed by atoms with Crippen LogP contribution >= 0.6 is 0 Å². The largest absolute Gasteiger partial charge is 0.356 e. The number of hydrogen-bond acceptors (Lipinski definition) is 4. The van der Waals surface area contributed by atoms with Crippen molar-refractivity contribution in [2.75, 3.05) is 13.1 Å². The Morgan fingerprint density at radius 3 is 2.38 bits per heavy atom. The van der Waals surface area contributed by atoms with Crippen LogP contribution in [0.25, 0.3) is 0 Å². The van der Waals surface area contributed by atoms with Crippen molar-refractivity contribution in [1.82, 2.24) is 25.6 Å². The van der Waals surface area contributed by atoms with Crippen LogP contribution in [0, 0.1) is 5.92 Å². The van der Waals surface area contributed by atoms with Gasteiger partial charge in [0.05, 0.1) is 6.20 Å². The van der Waals surface area contributed by atoms with E-state index in [-0.39, 0.29) is 11.8 Å². The molecule has 2 N–H and O–H groups in total. The number of hydrogen-bond donors (Lipinski definition) is 2. The van der Waals surface area contributed by atoms with Gasteiger partial charge in [0.25, 0.3) is 5.91 Å². The number of nitrogens with zero attached hydrogens (tertiary/aromatic N) is 3. The van der Waals surface area contributed by atoms with Crippen molar-refractivity contribution in [2.45, 2.75) is 78.7 Å². The normalized spacial score (nSPS) is 10.9. The molecule has 0 bridgehead atoms. The van der Waals surface area contributed by atoms with Crippen LogP contribution in [-0.4, -0.2) is 39.9 Å². The smallest absolute Gasteiger partial charge is 0.273 e. The van der Waals surface area contributed by atoms with E-state index in [0.29, 0.717) is 24.6 Å². The summed E-state index contributed by atoms with van der Waals surface area (Å²) in [7, 11) is 0. The fraction of sp³-hybridized carbons (Fsp3) is 0.789. The molecule has 0 radical (unpaired) electrons. The molecule has 1 rings (SSSR count). The molecule has 0 unspecified atom stereocenters. The number of carbonyl (C=O) groups is 2. The number of aromatic nitrogens is 3. The standard InChI is InChI=1S/C19H35N5O2/c1-4-5-10-13-24-15-17(22-23-24)19(26)21-12-9-7-6-8-11-20-18(25)14-16(2)3/h15-16H,4-14H2,1-3H3,(H,20,25)(H,21,26). The molecule has 148 valence electrons. The van der Waals surface area contributed by atoms with Gasteiger partial charge in [0.15, 0.2) is 5.69 Å². The highest BCUT2D eigenvalue weighted by Gasteiger charge is 2.09. The monoisotopic (exact) mass is 365 g/mol. The van der Waals surface area contributed by atoms with Gasteiger partial charge in [-0.3, -0.25) is 14.3 Å². The van der Waals surface area contributed by atoms with Crippen LogP contribution in [-0.2, 0) is 11.3 Å². The Balaban J connectivity index is 2.04. The summed E-state index contributed by atoms with van der Waals surface area (Å²) in [4.78, 5) is 23.5. The van der Waals surface area contributed by atoms with Crippen LogP contribution in [0.5, 0.6) is 0 Å². The van der Waals surface area contributed by atoms with Crippen molar-refractivity contribution in [3.05, 3.63) is 11.9 Å². The second-order valence-corrected chi connectivity index (χ2v) is 7.19. The fourth-order valence-electron chi connectivity index (χ4n) is 2.60. The molecule has 0 saturated carbocycles. The number of aryl methyl sites for hydroxylation is 1. The third-order valence-corrected chi connectivity index (χ3v) is 4.07. The predicted molar refractivity (Wildman–Crippen MR) is 103 cm³/mol. The number of nitrogens with one attached hydrogen (secondary N) is 2. The van der Waals surface area contributed by atoms with Crippen molar-refractivity contribution in [1.29, 1.82) is 0 Å². The minimum Gasteiger partial charge on any atom is -0.356 e. The van der Waals surface area contributed by atoms with E-state index in [0.717, 1.165) is 58.0 Å². The zero-order chi connectivity index (χ0) is 19.2. The average molecular weight is 366 g/mol. The second-order valence-electron chi connectivity index (χ2n) is 7.19. The molecule has 0 aliphatic carbocycles. The van der Waals surface area contributed by atoms with Crippen LogP contribution in [0.1, 0.15) is 82.6 Å². The maximum Gasteiger partial charge on any atom is 0.273 e. The summed E-state index contributed by atoms with van der Waals surface area (Å²) in [5, 5.41) is 13.7. The second kappa shape index (κ2) is 13.3. The summed E-state index contributed by atoms with van der Waals surface area (Å²) in [6.07, 6.45) is 9.66. The first-order chi connectivity index (χ1) is 12.5. The van der Waals surface area contributed by atoms with Crippen LogP contribution < -0.4 is 10.6 Å². The van der Waals surface area contributed by atoms with Crippen LogP contribution in [0.4, 0.5) is 0 Å². The van der Waals surface area contributed by atoms with E-state index in [1.165, 1.54) is 0 Å². The Labute approximate surface area is 157 Å². The average Bonchev–Trinajstić information content (AvgIpc) is 3.05. The van der Waals surface area contributed by atoms with Crippen LogP contribution in [0.3, 0.4) is 0 Å². The minimum atomic E-state index is -0.160. The molecule has 0 aliphatic heterocycles. The molecule has 1 heterocycles. The van der Waals surface area contributed by atoms with Crippen molar-refractivity contribution < 1.29 is 9.59 Å². The van der Waals surface area contributed by atoms with Gasteiger partial charge in [-0.05, 0) is 25.2 Å². The van der Waals surface area contributed by atoms with E-state index < -0.39 is 0 Å². The molecular weight excluding hydrogens is 330 g/mol. The SMILES string of the molecule is CCCCCn1cc(C(=O)NCCCCCCNC(=O)CC(C)C)nn1. The molecule has 7 nitrogen and oxygen atoms in total. The topological polar surface area (TPSA) is 88.9 Å². The minimum absolute atomic E-state index is 0.134. The van der Waals surface area contributed by atoms with E-state index in [1.807, 2.05) is 13.8 Å². The first kappa shape index (κ1) is 22.1. The Morgan fingerprint density at radius 1 is 1.04 bits per heavy atom. The zero-order valence-electron chi connectivity index (χ0n) is 16.6. The number of amides is 2. The van der Waals surface area contributed by atoms with Crippen molar-refractivity contribution in [3.8, 4) is 0 Å². The highest BCUT2D eigenvalue weighted by molar-refractivity contribution is 5.91. The van der Waals surface area contributed by atoms with Gasteiger partial charge >= 0.3 is 0 Å². The molecule has 7 heteroatoms. The van der Waals surface area contributed by atoms with Crippen molar-refractivity contribution in [3.63, 3.8) is 0 Å². The van der Waals surface area contributed by atoms with Gasteiger partial charge in [-0.15, -0.1) is 5.10 Å². The molecule has 0 fully saturated rings. The summed E-state index contributed by atoms with van der Waals surface area (Å²) in [5.74, 6) is 0.374. The van der Waals surface area contributed by atoms with E-state index in [4.69, 9.17) is 0 Å². The lowest BCUT2D eigenvalue weighted by atomic mass is 10.1. The van der Waals surface area contributed by atoms with Gasteiger partial charge in [0.1, 0.15) is 0 Å². The summed E-state index contributed by atoms with van der Waals surface area (Å²) < 4.78 is 1.73. The Kier molecular flexibility index (Phi) is 11.3. The van der Waals surface area contributed by atoms with E-state index in [1.54, 1.807) is 10.9 Å². The maximum atomic E-state index is 12.0. The Hall–Kier alpha value is -1.92. The lowest BCUT2D eigenvalue weighted by Gasteiger charge is -2.07. The summed E-state index contributed by atoms with van der Waals surface area (Å²) >= 11 is 0. The molecule has 2 amide bonds. The third-order valence-electron chi connectivity index (χ3n) is 4.07. The summed E-state index contributed by atoms with van der Waals surface area (Å²) in [6, 6.07) is 0. The van der Waals surface area contributed by atoms with Gasteiger partial charge < -0.3 is 10.6 Å². The van der Waals surface area contributed by atoms with E-state index >= 15 is 0 Å². The molecule has 0 aromatic carbocycles. The van der Waals surface area contributed by atoms with Crippen molar-refractivity contribution in [2.24, 2.45) is 5.92 Å². The lowest BCUT2D eigenvalue weighted by Crippen LogP contribution is -2.26. The van der Waals surface area contributed by atoms with Gasteiger partial charge in [-0.2, -0.15) is 0 Å². The molecule has 0 spiro atoms. The zero-order valence-corrected chi connectivity index (χ0v) is 16.6. The third kappa shape index (κ3) is 10.2. The number of carbonyl (C=O) groups excluding carboxylic acids is 2. The van der Waals surface area contributed by atoms with Crippen molar-refractivity contribution >= 4 is 11.8 Å². The van der Waals surface area contributed by atoms with E-state index in [9.17, 15) is 9.59 Å². The highest BCUT2D eigenvalue weighted by atomic mass is 16.2. The summed E-state index contributed by atoms with van der Waals surface area (Å²) in [6.45, 7) is 8.42. The number of rotatable bonds is 14. The lowest BCUT2D eigenvalue weighted by molar-refractivity contribution is -0.121. The number of unbranched alkanes of at least 4 members (excludes halogenated alkanes) is 5. The van der Waals surface area contributed by atoms with Gasteiger partial charge in [0.2, 0.25) is 5.91 Å². The molecule has 0 atom stereocenters. The fourth-order valence-corrected chi connectivity index (χ4v) is 2.60. The molecule has 1 aromatic rings. The maximum absolute atomic E-state index is 12.0. The van der Waals surface area contributed by atoms with Crippen LogP contribution in [0.2, 0.25) is 0 Å². The first-order valence-electron chi connectivity index (χ1n) is 9.98. The molecule has 0 aliphatic rings. The van der Waals surface area contributed by atoms with Gasteiger partial charge in [-0.25, -0.2) is 0 Å². The first-order valence-corrected chi connectivity index (χ1v) is 9.98. The van der Waals surface area contributed by atoms with Gasteiger partial charge in [0, 0.05) is 26.1 Å². The molecule has 26 heavy (non-hydrogen) atoms. The summed E-state index contributed by atoms with van der Waals surface area (Å²) in [5.41, 5.74) is 0.384. The molecule has 1 aromatic heterocycles. The molecular formula is C19H35N5O2. The quantitative estimate of drug-likeness (QED) is 0.496. The van der Waals surface area contributed by atoms with Crippen LogP contribution in [0.15, 0.2) is 6.20 Å². The molecule has 0 saturated heterocycles. The highest BCUT2D eigenvalue weighted by Crippen LogP contribution is 2.02. The van der Waals surface area contributed by atoms with E-state index in [2.05, 4.69) is 27.9 Å². The van der Waals surface area contributed by atoms with Gasteiger partial charge in [-0.1, -0.05) is 51.7 Å².